The van der Waals surface area contributed by atoms with Gasteiger partial charge in [-0.3, -0.25) is 5.01 Å². The molecule has 3 aromatic rings. The van der Waals surface area contributed by atoms with E-state index in [0.29, 0.717) is 0 Å². The summed E-state index contributed by atoms with van der Waals surface area (Å²) in [5, 5.41) is 6.48. The molecule has 25 heavy (non-hydrogen) atoms. The lowest BCUT2D eigenvalue weighted by Gasteiger charge is -2.15. The van der Waals surface area contributed by atoms with Crippen molar-refractivity contribution < 1.29 is 0 Å². The van der Waals surface area contributed by atoms with E-state index in [2.05, 4.69) is 46.3 Å². The van der Waals surface area contributed by atoms with Crippen LogP contribution in [0, 0.1) is 13.8 Å². The van der Waals surface area contributed by atoms with Crippen molar-refractivity contribution in [2.75, 3.05) is 12.1 Å². The summed E-state index contributed by atoms with van der Waals surface area (Å²) in [5.41, 5.74) is 5.26. The molecular formula is C21H22N4. The highest BCUT2D eigenvalue weighted by molar-refractivity contribution is 5.99. The van der Waals surface area contributed by atoms with Crippen LogP contribution in [0.1, 0.15) is 23.9 Å². The normalized spacial score (nSPS) is 11.4. The van der Waals surface area contributed by atoms with E-state index < -0.39 is 0 Å². The Morgan fingerprint density at radius 3 is 2.28 bits per heavy atom. The third kappa shape index (κ3) is 4.10. The largest absolute Gasteiger partial charge is 0.251 e. The molecule has 0 saturated carbocycles. The molecule has 0 amide bonds. The quantitative estimate of drug-likeness (QED) is 0.518. The lowest BCUT2D eigenvalue weighted by Crippen LogP contribution is -2.15. The van der Waals surface area contributed by atoms with Gasteiger partial charge in [-0.2, -0.15) is 5.10 Å². The molecule has 0 radical (unpaired) electrons. The molecule has 0 aliphatic rings. The van der Waals surface area contributed by atoms with Gasteiger partial charge in [-0.1, -0.05) is 60.2 Å². The zero-order chi connectivity index (χ0) is 17.8. The van der Waals surface area contributed by atoms with Crippen molar-refractivity contribution in [2.24, 2.45) is 5.10 Å². The van der Waals surface area contributed by atoms with Gasteiger partial charge in [0.05, 0.1) is 11.4 Å². The van der Waals surface area contributed by atoms with Gasteiger partial charge in [-0.05, 0) is 26.3 Å². The average molecular weight is 330 g/mol. The summed E-state index contributed by atoms with van der Waals surface area (Å²) in [6.45, 7) is 5.99. The van der Waals surface area contributed by atoms with Gasteiger partial charge >= 0.3 is 0 Å². The van der Waals surface area contributed by atoms with Crippen LogP contribution in [0.4, 0.5) is 5.82 Å². The van der Waals surface area contributed by atoms with Gasteiger partial charge in [-0.15, -0.1) is 0 Å². The standard InChI is InChI=1S/C21H22N4/c1-15-10-12-18(13-11-15)16(2)24-25(4)21-14-20(22-17(3)23-21)19-8-6-5-7-9-19/h5-14H,1-4H3/b24-16+. The number of rotatable bonds is 4. The van der Waals surface area contributed by atoms with Gasteiger partial charge in [0, 0.05) is 18.7 Å². The van der Waals surface area contributed by atoms with Crippen molar-refractivity contribution in [3.8, 4) is 11.3 Å². The Labute approximate surface area is 148 Å². The van der Waals surface area contributed by atoms with Crippen molar-refractivity contribution in [3.63, 3.8) is 0 Å². The Balaban J connectivity index is 1.91. The van der Waals surface area contributed by atoms with Crippen molar-refractivity contribution in [1.29, 1.82) is 0 Å². The molecule has 0 aliphatic heterocycles. The number of hydrazone groups is 1. The van der Waals surface area contributed by atoms with Crippen molar-refractivity contribution in [1.82, 2.24) is 9.97 Å². The topological polar surface area (TPSA) is 41.4 Å². The summed E-state index contributed by atoms with van der Waals surface area (Å²) in [5.74, 6) is 1.50. The van der Waals surface area contributed by atoms with E-state index in [0.717, 1.165) is 34.2 Å². The summed E-state index contributed by atoms with van der Waals surface area (Å²) in [4.78, 5) is 9.08. The van der Waals surface area contributed by atoms with Crippen molar-refractivity contribution >= 4 is 11.5 Å². The SMILES string of the molecule is C/C(=N\N(C)c1cc(-c2ccccc2)nc(C)n1)c1ccc(C)cc1. The Bertz CT molecular complexity index is 884. The Morgan fingerprint density at radius 1 is 0.920 bits per heavy atom. The summed E-state index contributed by atoms with van der Waals surface area (Å²) >= 11 is 0. The minimum absolute atomic E-state index is 0.728. The molecule has 1 heterocycles. The van der Waals surface area contributed by atoms with Crippen LogP contribution in [0.5, 0.6) is 0 Å². The molecule has 0 bridgehead atoms. The molecular weight excluding hydrogens is 308 g/mol. The number of anilines is 1. The van der Waals surface area contributed by atoms with Gasteiger partial charge in [0.2, 0.25) is 0 Å². The summed E-state index contributed by atoms with van der Waals surface area (Å²) in [6, 6.07) is 20.4. The first-order chi connectivity index (χ1) is 12.0. The fraction of sp³-hybridized carbons (Fsp3) is 0.190. The summed E-state index contributed by atoms with van der Waals surface area (Å²) < 4.78 is 0. The predicted molar refractivity (Wildman–Crippen MR) is 104 cm³/mol. The van der Waals surface area contributed by atoms with Crippen molar-refractivity contribution in [3.05, 3.63) is 77.6 Å². The van der Waals surface area contributed by atoms with E-state index in [1.807, 2.05) is 57.3 Å². The Hall–Kier alpha value is -3.01. The molecule has 0 N–H and O–H groups in total. The van der Waals surface area contributed by atoms with E-state index >= 15 is 0 Å². The Morgan fingerprint density at radius 2 is 1.60 bits per heavy atom. The number of aromatic nitrogens is 2. The first-order valence-electron chi connectivity index (χ1n) is 8.30. The number of nitrogens with zero attached hydrogens (tertiary/aromatic N) is 4. The van der Waals surface area contributed by atoms with Crippen LogP contribution in [-0.4, -0.2) is 22.7 Å². The number of benzene rings is 2. The second kappa shape index (κ2) is 7.26. The van der Waals surface area contributed by atoms with Crippen LogP contribution in [-0.2, 0) is 0 Å². The van der Waals surface area contributed by atoms with E-state index in [1.165, 1.54) is 5.56 Å². The number of aryl methyl sites for hydroxylation is 2. The van der Waals surface area contributed by atoms with Crippen LogP contribution in [0.2, 0.25) is 0 Å². The molecule has 0 unspecified atom stereocenters. The van der Waals surface area contributed by atoms with E-state index in [1.54, 1.807) is 5.01 Å². The smallest absolute Gasteiger partial charge is 0.152 e. The van der Waals surface area contributed by atoms with Gasteiger partial charge in [0.15, 0.2) is 5.82 Å². The van der Waals surface area contributed by atoms with Crippen LogP contribution in [0.3, 0.4) is 0 Å². The monoisotopic (exact) mass is 330 g/mol. The molecule has 3 rings (SSSR count). The van der Waals surface area contributed by atoms with Crippen LogP contribution < -0.4 is 5.01 Å². The summed E-state index contributed by atoms with van der Waals surface area (Å²) in [6.07, 6.45) is 0. The van der Waals surface area contributed by atoms with Gasteiger partial charge < -0.3 is 0 Å². The molecule has 0 fully saturated rings. The highest BCUT2D eigenvalue weighted by Crippen LogP contribution is 2.21. The molecule has 2 aromatic carbocycles. The minimum atomic E-state index is 0.728. The molecule has 0 aliphatic carbocycles. The number of hydrogen-bond donors (Lipinski definition) is 0. The van der Waals surface area contributed by atoms with E-state index in [4.69, 9.17) is 0 Å². The highest BCUT2D eigenvalue weighted by atomic mass is 15.5. The average Bonchev–Trinajstić information content (AvgIpc) is 2.62. The molecule has 1 aromatic heterocycles. The van der Waals surface area contributed by atoms with Crippen LogP contribution in [0.15, 0.2) is 65.8 Å². The maximum absolute atomic E-state index is 4.68. The molecule has 4 nitrogen and oxygen atoms in total. The summed E-state index contributed by atoms with van der Waals surface area (Å²) in [7, 11) is 1.91. The lowest BCUT2D eigenvalue weighted by molar-refractivity contribution is 0.939. The number of hydrogen-bond acceptors (Lipinski definition) is 4. The third-order valence-corrected chi connectivity index (χ3v) is 3.99. The molecule has 0 spiro atoms. The maximum Gasteiger partial charge on any atom is 0.152 e. The second-order valence-electron chi connectivity index (χ2n) is 6.10. The lowest BCUT2D eigenvalue weighted by atomic mass is 10.1. The molecule has 0 atom stereocenters. The van der Waals surface area contributed by atoms with E-state index in [-0.39, 0.29) is 0 Å². The fourth-order valence-corrected chi connectivity index (χ4v) is 2.60. The van der Waals surface area contributed by atoms with Gasteiger partial charge in [0.1, 0.15) is 5.82 Å². The van der Waals surface area contributed by atoms with Crippen LogP contribution >= 0.6 is 0 Å². The zero-order valence-corrected chi connectivity index (χ0v) is 15.1. The molecule has 0 saturated heterocycles. The van der Waals surface area contributed by atoms with E-state index in [9.17, 15) is 0 Å². The predicted octanol–water partition coefficient (Wildman–Crippen LogP) is 4.62. The van der Waals surface area contributed by atoms with Crippen molar-refractivity contribution in [2.45, 2.75) is 20.8 Å². The maximum atomic E-state index is 4.68. The molecule has 126 valence electrons. The van der Waals surface area contributed by atoms with Gasteiger partial charge in [-0.25, -0.2) is 9.97 Å². The third-order valence-electron chi connectivity index (χ3n) is 3.99. The highest BCUT2D eigenvalue weighted by Gasteiger charge is 2.08. The fourth-order valence-electron chi connectivity index (χ4n) is 2.60. The first kappa shape index (κ1) is 16.8. The Kier molecular flexibility index (Phi) is 4.89. The molecule has 4 heteroatoms. The second-order valence-corrected chi connectivity index (χ2v) is 6.10. The van der Waals surface area contributed by atoms with Gasteiger partial charge in [0.25, 0.3) is 0 Å². The zero-order valence-electron chi connectivity index (χ0n) is 15.1. The first-order valence-corrected chi connectivity index (χ1v) is 8.30. The van der Waals surface area contributed by atoms with Crippen LogP contribution in [0.25, 0.3) is 11.3 Å². The minimum Gasteiger partial charge on any atom is -0.251 e.